The molecule has 0 unspecified atom stereocenters. The number of nitrogens with zero attached hydrogens (tertiary/aromatic N) is 1. The summed E-state index contributed by atoms with van der Waals surface area (Å²) in [7, 11) is 5.15. The van der Waals surface area contributed by atoms with Gasteiger partial charge in [-0.05, 0) is 36.2 Å². The van der Waals surface area contributed by atoms with E-state index in [0.29, 0.717) is 22.6 Å². The molecule has 2 aromatic carbocycles. The van der Waals surface area contributed by atoms with Gasteiger partial charge in [0, 0.05) is 36.3 Å². The smallest absolute Gasteiger partial charge is 0.196 e. The first-order valence-electron chi connectivity index (χ1n) is 8.91. The van der Waals surface area contributed by atoms with Crippen LogP contribution < -0.4 is 9.47 Å². The first-order chi connectivity index (χ1) is 13.1. The zero-order chi connectivity index (χ0) is 19.0. The van der Waals surface area contributed by atoms with Crippen molar-refractivity contribution >= 4 is 22.3 Å². The minimum absolute atomic E-state index is 0.0440. The van der Waals surface area contributed by atoms with E-state index in [1.165, 1.54) is 10.9 Å². The molecule has 5 nitrogen and oxygen atoms in total. The van der Waals surface area contributed by atoms with Gasteiger partial charge in [-0.3, -0.25) is 4.79 Å². The van der Waals surface area contributed by atoms with Crippen LogP contribution >= 0.6 is 0 Å². The molecule has 4 rings (SSSR count). The van der Waals surface area contributed by atoms with Crippen molar-refractivity contribution < 1.29 is 14.3 Å². The average molecular weight is 362 g/mol. The number of carbonyl (C=O) groups is 1. The van der Waals surface area contributed by atoms with Crippen molar-refractivity contribution in [3.63, 3.8) is 0 Å². The standard InChI is InChI=1S/C22H22N2O3/c1-24-11-10-16-15-6-4-5-7-18(15)23-21(16)17(13-24)22(25)14-8-9-19(26-2)20(12-14)27-3/h4-9,12-13,23H,10-11H2,1-3H3. The molecule has 0 spiro atoms. The lowest BCUT2D eigenvalue weighted by atomic mass is 9.97. The maximum atomic E-state index is 13.4. The lowest BCUT2D eigenvalue weighted by Gasteiger charge is -2.13. The van der Waals surface area contributed by atoms with Gasteiger partial charge in [-0.1, -0.05) is 18.2 Å². The van der Waals surface area contributed by atoms with Crippen molar-refractivity contribution in [2.75, 3.05) is 27.8 Å². The number of H-pyrrole nitrogens is 1. The number of rotatable bonds is 4. The fraction of sp³-hybridized carbons (Fsp3) is 0.227. The van der Waals surface area contributed by atoms with Crippen LogP contribution in [0, 0.1) is 0 Å². The second kappa shape index (κ2) is 6.83. The summed E-state index contributed by atoms with van der Waals surface area (Å²) in [4.78, 5) is 18.9. The van der Waals surface area contributed by atoms with E-state index >= 15 is 0 Å². The quantitative estimate of drug-likeness (QED) is 0.715. The summed E-state index contributed by atoms with van der Waals surface area (Å²) < 4.78 is 10.6. The van der Waals surface area contributed by atoms with Gasteiger partial charge in [0.25, 0.3) is 0 Å². The van der Waals surface area contributed by atoms with Crippen LogP contribution in [0.4, 0.5) is 0 Å². The van der Waals surface area contributed by atoms with Crippen molar-refractivity contribution in [1.82, 2.24) is 9.88 Å². The van der Waals surface area contributed by atoms with E-state index in [1.54, 1.807) is 32.4 Å². The fourth-order valence-corrected chi connectivity index (χ4v) is 3.63. The van der Waals surface area contributed by atoms with Crippen LogP contribution in [0.1, 0.15) is 21.6 Å². The molecule has 0 aliphatic carbocycles. The molecular formula is C22H22N2O3. The number of nitrogens with one attached hydrogen (secondary N) is 1. The summed E-state index contributed by atoms with van der Waals surface area (Å²) in [6.07, 6.45) is 2.81. The van der Waals surface area contributed by atoms with Crippen molar-refractivity contribution in [2.24, 2.45) is 0 Å². The lowest BCUT2D eigenvalue weighted by molar-refractivity contribution is 0.105. The van der Waals surface area contributed by atoms with Gasteiger partial charge in [0.2, 0.25) is 0 Å². The Labute approximate surface area is 158 Å². The Balaban J connectivity index is 1.84. The first-order valence-corrected chi connectivity index (χ1v) is 8.91. The number of aromatic amines is 1. The van der Waals surface area contributed by atoms with Crippen LogP contribution in [-0.4, -0.2) is 43.5 Å². The predicted molar refractivity (Wildman–Crippen MR) is 106 cm³/mol. The molecule has 0 bridgehead atoms. The third-order valence-corrected chi connectivity index (χ3v) is 5.04. The van der Waals surface area contributed by atoms with Gasteiger partial charge in [0.15, 0.2) is 17.3 Å². The van der Waals surface area contributed by atoms with Gasteiger partial charge in [-0.2, -0.15) is 0 Å². The van der Waals surface area contributed by atoms with Gasteiger partial charge in [-0.15, -0.1) is 0 Å². The minimum atomic E-state index is -0.0440. The minimum Gasteiger partial charge on any atom is -0.493 e. The van der Waals surface area contributed by atoms with Gasteiger partial charge >= 0.3 is 0 Å². The normalized spacial score (nSPS) is 13.7. The average Bonchev–Trinajstić information content (AvgIpc) is 2.99. The number of hydrogen-bond donors (Lipinski definition) is 1. The number of hydrogen-bond acceptors (Lipinski definition) is 4. The summed E-state index contributed by atoms with van der Waals surface area (Å²) in [6, 6.07) is 13.5. The fourth-order valence-electron chi connectivity index (χ4n) is 3.63. The van der Waals surface area contributed by atoms with Crippen LogP contribution in [0.2, 0.25) is 0 Å². The molecule has 1 aliphatic heterocycles. The van der Waals surface area contributed by atoms with E-state index in [9.17, 15) is 4.79 Å². The number of ether oxygens (including phenoxy) is 2. The number of Topliss-reactive ketones (excluding diaryl/α,β-unsaturated/α-hetero) is 1. The molecule has 0 amide bonds. The first kappa shape index (κ1) is 17.2. The lowest BCUT2D eigenvalue weighted by Crippen LogP contribution is -2.14. The maximum Gasteiger partial charge on any atom is 0.196 e. The van der Waals surface area contributed by atoms with E-state index in [4.69, 9.17) is 9.47 Å². The Morgan fingerprint density at radius 3 is 2.63 bits per heavy atom. The molecule has 0 saturated carbocycles. The molecule has 1 aromatic heterocycles. The number of para-hydroxylation sites is 1. The summed E-state index contributed by atoms with van der Waals surface area (Å²) in [5, 5.41) is 1.17. The molecule has 138 valence electrons. The van der Waals surface area contributed by atoms with Gasteiger partial charge < -0.3 is 19.4 Å². The number of likely N-dealkylation sites (N-methyl/N-ethyl adjacent to an activating group) is 1. The van der Waals surface area contributed by atoms with E-state index in [0.717, 1.165) is 24.2 Å². The Kier molecular flexibility index (Phi) is 4.36. The molecule has 2 heterocycles. The number of methoxy groups -OCH3 is 2. The Morgan fingerprint density at radius 2 is 1.85 bits per heavy atom. The number of carbonyl (C=O) groups excluding carboxylic acids is 1. The largest absolute Gasteiger partial charge is 0.493 e. The topological polar surface area (TPSA) is 54.6 Å². The van der Waals surface area contributed by atoms with E-state index < -0.39 is 0 Å². The van der Waals surface area contributed by atoms with Crippen LogP contribution in [0.5, 0.6) is 11.5 Å². The highest BCUT2D eigenvalue weighted by atomic mass is 16.5. The number of benzene rings is 2. The molecule has 0 radical (unpaired) electrons. The molecule has 1 aliphatic rings. The van der Waals surface area contributed by atoms with Crippen LogP contribution in [0.3, 0.4) is 0 Å². The second-order valence-corrected chi connectivity index (χ2v) is 6.70. The van der Waals surface area contributed by atoms with Crippen molar-refractivity contribution in [2.45, 2.75) is 6.42 Å². The third kappa shape index (κ3) is 2.95. The number of fused-ring (bicyclic) bond motifs is 3. The summed E-state index contributed by atoms with van der Waals surface area (Å²) in [5.41, 5.74) is 4.38. The zero-order valence-corrected chi connectivity index (χ0v) is 15.7. The highest BCUT2D eigenvalue weighted by Crippen LogP contribution is 2.34. The van der Waals surface area contributed by atoms with E-state index in [1.807, 2.05) is 31.4 Å². The van der Waals surface area contributed by atoms with Crippen LogP contribution in [0.15, 0.2) is 48.7 Å². The second-order valence-electron chi connectivity index (χ2n) is 6.70. The van der Waals surface area contributed by atoms with Crippen molar-refractivity contribution in [1.29, 1.82) is 0 Å². The van der Waals surface area contributed by atoms with Crippen LogP contribution in [-0.2, 0) is 6.42 Å². The molecule has 0 fully saturated rings. The van der Waals surface area contributed by atoms with Gasteiger partial charge in [0.1, 0.15) is 0 Å². The highest BCUT2D eigenvalue weighted by Gasteiger charge is 2.24. The Bertz CT molecular complexity index is 1050. The Morgan fingerprint density at radius 1 is 1.07 bits per heavy atom. The molecule has 3 aromatic rings. The molecule has 1 N–H and O–H groups in total. The Hall–Kier alpha value is -3.21. The zero-order valence-electron chi connectivity index (χ0n) is 15.7. The van der Waals surface area contributed by atoms with E-state index in [2.05, 4.69) is 16.0 Å². The summed E-state index contributed by atoms with van der Waals surface area (Å²) in [6.45, 7) is 0.859. The maximum absolute atomic E-state index is 13.4. The molecule has 0 saturated heterocycles. The molecule has 5 heteroatoms. The SMILES string of the molecule is COc1ccc(C(=O)C2=CN(C)CCc3c2[nH]c2ccccc32)cc1OC. The number of aromatic nitrogens is 1. The highest BCUT2D eigenvalue weighted by molar-refractivity contribution is 6.29. The number of ketones is 1. The van der Waals surface area contributed by atoms with Crippen molar-refractivity contribution in [3.05, 3.63) is 65.5 Å². The summed E-state index contributed by atoms with van der Waals surface area (Å²) in [5.74, 6) is 1.10. The summed E-state index contributed by atoms with van der Waals surface area (Å²) >= 11 is 0. The van der Waals surface area contributed by atoms with Gasteiger partial charge in [0.05, 0.1) is 25.5 Å². The van der Waals surface area contributed by atoms with Gasteiger partial charge in [-0.25, -0.2) is 0 Å². The molecule has 27 heavy (non-hydrogen) atoms. The third-order valence-electron chi connectivity index (χ3n) is 5.04. The predicted octanol–water partition coefficient (Wildman–Crippen LogP) is 3.90. The number of allylic oxidation sites excluding steroid dienone is 1. The van der Waals surface area contributed by atoms with Crippen molar-refractivity contribution in [3.8, 4) is 11.5 Å². The van der Waals surface area contributed by atoms with E-state index in [-0.39, 0.29) is 5.78 Å². The monoisotopic (exact) mass is 362 g/mol. The van der Waals surface area contributed by atoms with Crippen LogP contribution in [0.25, 0.3) is 16.5 Å². The molecule has 0 atom stereocenters. The molecular weight excluding hydrogens is 340 g/mol.